The number of aryl methyl sites for hydroxylation is 1. The molecule has 0 unspecified atom stereocenters. The molecule has 0 saturated heterocycles. The second-order valence-corrected chi connectivity index (χ2v) is 4.43. The Labute approximate surface area is 129 Å². The minimum absolute atomic E-state index is 0.140. The molecule has 0 amide bonds. The van der Waals surface area contributed by atoms with E-state index >= 15 is 0 Å². The Balaban J connectivity index is 1.72. The van der Waals surface area contributed by atoms with Gasteiger partial charge in [0.05, 0.1) is 18.5 Å². The summed E-state index contributed by atoms with van der Waals surface area (Å²) in [4.78, 5) is 19.6. The van der Waals surface area contributed by atoms with Gasteiger partial charge in [0.25, 0.3) is 0 Å². The molecule has 0 fully saturated rings. The van der Waals surface area contributed by atoms with Crippen molar-refractivity contribution in [3.63, 3.8) is 0 Å². The summed E-state index contributed by atoms with van der Waals surface area (Å²) in [5.41, 5.74) is 0.932. The van der Waals surface area contributed by atoms with Crippen LogP contribution in [0.1, 0.15) is 23.1 Å². The van der Waals surface area contributed by atoms with Gasteiger partial charge in [-0.1, -0.05) is 0 Å². The van der Waals surface area contributed by atoms with Crippen LogP contribution in [0.15, 0.2) is 36.7 Å². The Kier molecular flexibility index (Phi) is 5.71. The summed E-state index contributed by atoms with van der Waals surface area (Å²) in [5, 5.41) is 0. The Bertz CT molecular complexity index is 597. The third-order valence-electron chi connectivity index (χ3n) is 2.71. The van der Waals surface area contributed by atoms with Gasteiger partial charge < -0.3 is 14.2 Å². The molecule has 6 heteroatoms. The van der Waals surface area contributed by atoms with Crippen LogP contribution in [0.25, 0.3) is 0 Å². The van der Waals surface area contributed by atoms with E-state index in [9.17, 15) is 4.79 Å². The van der Waals surface area contributed by atoms with Gasteiger partial charge in [-0.25, -0.2) is 9.78 Å². The van der Waals surface area contributed by atoms with Gasteiger partial charge in [0, 0.05) is 6.20 Å². The van der Waals surface area contributed by atoms with E-state index in [-0.39, 0.29) is 18.9 Å². The maximum Gasteiger partial charge on any atom is 0.358 e. The van der Waals surface area contributed by atoms with Gasteiger partial charge in [0.2, 0.25) is 0 Å². The summed E-state index contributed by atoms with van der Waals surface area (Å²) in [7, 11) is 0. The molecule has 0 saturated carbocycles. The lowest BCUT2D eigenvalue weighted by molar-refractivity contribution is 0.0443. The predicted molar refractivity (Wildman–Crippen MR) is 80.2 cm³/mol. The molecule has 0 aliphatic carbocycles. The molecule has 0 aliphatic heterocycles. The smallest absolute Gasteiger partial charge is 0.358 e. The first-order valence-corrected chi connectivity index (χ1v) is 7.00. The first-order valence-electron chi connectivity index (χ1n) is 7.00. The van der Waals surface area contributed by atoms with E-state index in [0.717, 1.165) is 11.4 Å². The molecule has 0 bridgehead atoms. The zero-order chi connectivity index (χ0) is 15.8. The van der Waals surface area contributed by atoms with Crippen molar-refractivity contribution in [1.29, 1.82) is 0 Å². The van der Waals surface area contributed by atoms with Crippen molar-refractivity contribution in [2.24, 2.45) is 0 Å². The third-order valence-corrected chi connectivity index (χ3v) is 2.71. The van der Waals surface area contributed by atoms with E-state index in [0.29, 0.717) is 12.4 Å². The normalized spacial score (nSPS) is 10.1. The third kappa shape index (κ3) is 4.73. The highest BCUT2D eigenvalue weighted by atomic mass is 16.6. The van der Waals surface area contributed by atoms with E-state index in [4.69, 9.17) is 14.2 Å². The average molecular weight is 302 g/mol. The van der Waals surface area contributed by atoms with Crippen molar-refractivity contribution in [2.45, 2.75) is 13.8 Å². The van der Waals surface area contributed by atoms with Crippen LogP contribution in [0.5, 0.6) is 11.5 Å². The number of hydrogen-bond donors (Lipinski definition) is 0. The number of aromatic nitrogens is 2. The number of rotatable bonds is 7. The Hall–Kier alpha value is -2.63. The van der Waals surface area contributed by atoms with Crippen molar-refractivity contribution in [2.75, 3.05) is 19.8 Å². The number of ether oxygens (including phenoxy) is 3. The fourth-order valence-corrected chi connectivity index (χ4v) is 1.66. The minimum atomic E-state index is -0.511. The maximum absolute atomic E-state index is 11.7. The van der Waals surface area contributed by atoms with Crippen molar-refractivity contribution < 1.29 is 19.0 Å². The maximum atomic E-state index is 11.7. The van der Waals surface area contributed by atoms with Crippen LogP contribution in [-0.4, -0.2) is 35.8 Å². The van der Waals surface area contributed by atoms with Crippen LogP contribution in [0.3, 0.4) is 0 Å². The van der Waals surface area contributed by atoms with Gasteiger partial charge in [-0.05, 0) is 38.1 Å². The molecule has 0 aliphatic rings. The molecule has 2 aromatic rings. The van der Waals surface area contributed by atoms with E-state index < -0.39 is 5.97 Å². The molecule has 0 radical (unpaired) electrons. The SMILES string of the molecule is CCOc1ccc(OCCOC(=O)c2cnc(C)cn2)cc1. The van der Waals surface area contributed by atoms with Crippen LogP contribution in [-0.2, 0) is 4.74 Å². The summed E-state index contributed by atoms with van der Waals surface area (Å²) in [6, 6.07) is 7.26. The van der Waals surface area contributed by atoms with Crippen LogP contribution < -0.4 is 9.47 Å². The van der Waals surface area contributed by atoms with Crippen LogP contribution in [0.2, 0.25) is 0 Å². The fraction of sp³-hybridized carbons (Fsp3) is 0.312. The molecule has 2 rings (SSSR count). The highest BCUT2D eigenvalue weighted by Crippen LogP contribution is 2.17. The van der Waals surface area contributed by atoms with Crippen LogP contribution in [0, 0.1) is 6.92 Å². The largest absolute Gasteiger partial charge is 0.494 e. The lowest BCUT2D eigenvalue weighted by atomic mass is 10.3. The van der Waals surface area contributed by atoms with Gasteiger partial charge in [0.15, 0.2) is 5.69 Å². The lowest BCUT2D eigenvalue weighted by Gasteiger charge is -2.08. The molecule has 1 heterocycles. The number of nitrogens with zero attached hydrogens (tertiary/aromatic N) is 2. The summed E-state index contributed by atoms with van der Waals surface area (Å²) in [6.45, 7) is 4.75. The van der Waals surface area contributed by atoms with Crippen molar-refractivity contribution in [1.82, 2.24) is 9.97 Å². The Morgan fingerprint density at radius 2 is 1.68 bits per heavy atom. The molecule has 1 aromatic heterocycles. The molecule has 0 N–H and O–H groups in total. The number of esters is 1. The summed E-state index contributed by atoms with van der Waals surface area (Å²) >= 11 is 0. The van der Waals surface area contributed by atoms with Crippen molar-refractivity contribution in [3.8, 4) is 11.5 Å². The first kappa shape index (κ1) is 15.8. The predicted octanol–water partition coefficient (Wildman–Crippen LogP) is 2.42. The molecule has 1 aromatic carbocycles. The standard InChI is InChI=1S/C16H18N2O4/c1-3-20-13-4-6-14(7-5-13)21-8-9-22-16(19)15-11-17-12(2)10-18-15/h4-7,10-11H,3,8-9H2,1-2H3. The van der Waals surface area contributed by atoms with Crippen molar-refractivity contribution >= 4 is 5.97 Å². The number of benzene rings is 1. The van der Waals surface area contributed by atoms with Gasteiger partial charge in [-0.2, -0.15) is 0 Å². The minimum Gasteiger partial charge on any atom is -0.494 e. The van der Waals surface area contributed by atoms with Crippen LogP contribution in [0.4, 0.5) is 0 Å². The highest BCUT2D eigenvalue weighted by Gasteiger charge is 2.08. The quantitative estimate of drug-likeness (QED) is 0.578. The zero-order valence-electron chi connectivity index (χ0n) is 12.6. The van der Waals surface area contributed by atoms with Gasteiger partial charge in [0.1, 0.15) is 24.7 Å². The Morgan fingerprint density at radius 3 is 2.27 bits per heavy atom. The second kappa shape index (κ2) is 7.97. The van der Waals surface area contributed by atoms with Gasteiger partial charge >= 0.3 is 5.97 Å². The number of carbonyl (C=O) groups excluding carboxylic acids is 1. The molecular weight excluding hydrogens is 284 g/mol. The molecular formula is C16H18N2O4. The molecule has 0 atom stereocenters. The average Bonchev–Trinajstić information content (AvgIpc) is 2.54. The fourth-order valence-electron chi connectivity index (χ4n) is 1.66. The Morgan fingerprint density at radius 1 is 1.00 bits per heavy atom. The highest BCUT2D eigenvalue weighted by molar-refractivity contribution is 5.86. The molecule has 116 valence electrons. The monoisotopic (exact) mass is 302 g/mol. The first-order chi connectivity index (χ1) is 10.7. The van der Waals surface area contributed by atoms with E-state index in [2.05, 4.69) is 9.97 Å². The summed E-state index contributed by atoms with van der Waals surface area (Å²) in [5.74, 6) is 0.969. The van der Waals surface area contributed by atoms with Gasteiger partial charge in [-0.3, -0.25) is 4.98 Å². The zero-order valence-corrected chi connectivity index (χ0v) is 12.6. The van der Waals surface area contributed by atoms with E-state index in [1.54, 1.807) is 19.1 Å². The van der Waals surface area contributed by atoms with Gasteiger partial charge in [-0.15, -0.1) is 0 Å². The van der Waals surface area contributed by atoms with E-state index in [1.165, 1.54) is 12.4 Å². The summed E-state index contributed by atoms with van der Waals surface area (Å²) in [6.07, 6.45) is 2.91. The van der Waals surface area contributed by atoms with Crippen LogP contribution >= 0.6 is 0 Å². The topological polar surface area (TPSA) is 70.5 Å². The molecule has 22 heavy (non-hydrogen) atoms. The second-order valence-electron chi connectivity index (χ2n) is 4.43. The molecule has 6 nitrogen and oxygen atoms in total. The lowest BCUT2D eigenvalue weighted by Crippen LogP contribution is -2.13. The number of carbonyl (C=O) groups is 1. The number of hydrogen-bond acceptors (Lipinski definition) is 6. The summed E-state index contributed by atoms with van der Waals surface area (Å²) < 4.78 is 15.9. The molecule has 0 spiro atoms. The van der Waals surface area contributed by atoms with Crippen molar-refractivity contribution in [3.05, 3.63) is 48.0 Å². The van der Waals surface area contributed by atoms with E-state index in [1.807, 2.05) is 19.1 Å².